The zero-order valence-corrected chi connectivity index (χ0v) is 13.2. The van der Waals surface area contributed by atoms with Crippen molar-refractivity contribution in [3.63, 3.8) is 0 Å². The lowest BCUT2D eigenvalue weighted by atomic mass is 9.91. The molecular formula is C16H33N3. The molecular weight excluding hydrogens is 234 g/mol. The van der Waals surface area contributed by atoms with Crippen molar-refractivity contribution in [3.8, 4) is 0 Å². The molecule has 1 aliphatic heterocycles. The molecule has 0 amide bonds. The fraction of sp³-hybridized carbons (Fsp3) is 1.00. The molecule has 0 bridgehead atoms. The quantitative estimate of drug-likeness (QED) is 0.842. The molecule has 19 heavy (non-hydrogen) atoms. The van der Waals surface area contributed by atoms with Crippen molar-refractivity contribution >= 4 is 0 Å². The summed E-state index contributed by atoms with van der Waals surface area (Å²) < 4.78 is 0. The van der Waals surface area contributed by atoms with Gasteiger partial charge in [-0.05, 0) is 52.9 Å². The van der Waals surface area contributed by atoms with Gasteiger partial charge in [0.25, 0.3) is 0 Å². The largest absolute Gasteiger partial charge is 0.315 e. The summed E-state index contributed by atoms with van der Waals surface area (Å²) in [6.07, 6.45) is 9.81. The maximum absolute atomic E-state index is 3.58. The SMILES string of the molecule is CNC1CCCCCCC1N(C)CC1CCN(C)C1. The van der Waals surface area contributed by atoms with E-state index in [2.05, 4.69) is 36.3 Å². The summed E-state index contributed by atoms with van der Waals surface area (Å²) in [7, 11) is 6.76. The molecule has 1 saturated carbocycles. The molecule has 3 atom stereocenters. The first-order valence-electron chi connectivity index (χ1n) is 8.26. The van der Waals surface area contributed by atoms with E-state index in [4.69, 9.17) is 0 Å². The Morgan fingerprint density at radius 3 is 2.47 bits per heavy atom. The first kappa shape index (κ1) is 15.3. The Morgan fingerprint density at radius 1 is 1.11 bits per heavy atom. The standard InChI is InChI=1S/C16H33N3/c1-17-15-8-6-4-5-7-9-16(15)19(3)13-14-10-11-18(2)12-14/h14-17H,4-13H2,1-3H3. The maximum Gasteiger partial charge on any atom is 0.0246 e. The second kappa shape index (κ2) is 7.61. The van der Waals surface area contributed by atoms with E-state index in [9.17, 15) is 0 Å². The van der Waals surface area contributed by atoms with Crippen LogP contribution < -0.4 is 5.32 Å². The van der Waals surface area contributed by atoms with Gasteiger partial charge in [-0.15, -0.1) is 0 Å². The summed E-state index contributed by atoms with van der Waals surface area (Å²) in [5.74, 6) is 0.887. The number of hydrogen-bond acceptors (Lipinski definition) is 3. The molecule has 3 unspecified atom stereocenters. The highest BCUT2D eigenvalue weighted by molar-refractivity contribution is 4.86. The van der Waals surface area contributed by atoms with Crippen LogP contribution in [0.4, 0.5) is 0 Å². The van der Waals surface area contributed by atoms with Crippen molar-refractivity contribution in [1.82, 2.24) is 15.1 Å². The summed E-state index contributed by atoms with van der Waals surface area (Å²) in [6.45, 7) is 3.87. The Labute approximate surface area is 119 Å². The lowest BCUT2D eigenvalue weighted by molar-refractivity contribution is 0.147. The van der Waals surface area contributed by atoms with Crippen LogP contribution in [-0.2, 0) is 0 Å². The van der Waals surface area contributed by atoms with Crippen molar-refractivity contribution in [1.29, 1.82) is 0 Å². The lowest BCUT2D eigenvalue weighted by Crippen LogP contribution is -2.49. The molecule has 1 saturated heterocycles. The topological polar surface area (TPSA) is 18.5 Å². The summed E-state index contributed by atoms with van der Waals surface area (Å²) in [4.78, 5) is 5.14. The second-order valence-electron chi connectivity index (χ2n) is 6.81. The van der Waals surface area contributed by atoms with Crippen LogP contribution in [0.15, 0.2) is 0 Å². The van der Waals surface area contributed by atoms with Gasteiger partial charge in [0.1, 0.15) is 0 Å². The molecule has 0 aromatic carbocycles. The summed E-state index contributed by atoms with van der Waals surface area (Å²) in [6, 6.07) is 1.45. The van der Waals surface area contributed by atoms with E-state index < -0.39 is 0 Å². The van der Waals surface area contributed by atoms with E-state index in [1.165, 1.54) is 64.6 Å². The number of nitrogens with one attached hydrogen (secondary N) is 1. The van der Waals surface area contributed by atoms with Crippen LogP contribution in [0, 0.1) is 5.92 Å². The van der Waals surface area contributed by atoms with E-state index >= 15 is 0 Å². The number of nitrogens with zero attached hydrogens (tertiary/aromatic N) is 2. The van der Waals surface area contributed by atoms with E-state index in [-0.39, 0.29) is 0 Å². The van der Waals surface area contributed by atoms with Gasteiger partial charge < -0.3 is 15.1 Å². The van der Waals surface area contributed by atoms with Gasteiger partial charge in [-0.2, -0.15) is 0 Å². The van der Waals surface area contributed by atoms with Gasteiger partial charge in [0.05, 0.1) is 0 Å². The predicted molar refractivity (Wildman–Crippen MR) is 82.6 cm³/mol. The average Bonchev–Trinajstić information content (AvgIpc) is 2.74. The van der Waals surface area contributed by atoms with Gasteiger partial charge in [0.2, 0.25) is 0 Å². The first-order valence-corrected chi connectivity index (χ1v) is 8.26. The number of likely N-dealkylation sites (tertiary alicyclic amines) is 1. The van der Waals surface area contributed by atoms with Crippen molar-refractivity contribution in [2.24, 2.45) is 5.92 Å². The van der Waals surface area contributed by atoms with Crippen LogP contribution in [0.2, 0.25) is 0 Å². The van der Waals surface area contributed by atoms with Crippen molar-refractivity contribution in [2.75, 3.05) is 40.8 Å². The fourth-order valence-electron chi connectivity index (χ4n) is 4.05. The molecule has 1 N–H and O–H groups in total. The maximum atomic E-state index is 3.58. The molecule has 0 spiro atoms. The van der Waals surface area contributed by atoms with Gasteiger partial charge in [-0.1, -0.05) is 25.7 Å². The zero-order valence-electron chi connectivity index (χ0n) is 13.2. The van der Waals surface area contributed by atoms with Gasteiger partial charge >= 0.3 is 0 Å². The van der Waals surface area contributed by atoms with Crippen LogP contribution >= 0.6 is 0 Å². The summed E-state index contributed by atoms with van der Waals surface area (Å²) in [5.41, 5.74) is 0. The molecule has 0 aromatic rings. The van der Waals surface area contributed by atoms with Crippen LogP contribution in [0.1, 0.15) is 44.9 Å². The second-order valence-corrected chi connectivity index (χ2v) is 6.81. The molecule has 1 heterocycles. The van der Waals surface area contributed by atoms with Gasteiger partial charge in [-0.25, -0.2) is 0 Å². The van der Waals surface area contributed by atoms with Crippen LogP contribution in [-0.4, -0.2) is 62.7 Å². The van der Waals surface area contributed by atoms with Gasteiger partial charge in [-0.3, -0.25) is 0 Å². The van der Waals surface area contributed by atoms with Crippen molar-refractivity contribution in [3.05, 3.63) is 0 Å². The van der Waals surface area contributed by atoms with Crippen LogP contribution in [0.5, 0.6) is 0 Å². The molecule has 3 heteroatoms. The fourth-order valence-corrected chi connectivity index (χ4v) is 4.05. The summed E-state index contributed by atoms with van der Waals surface area (Å²) in [5, 5.41) is 3.58. The monoisotopic (exact) mass is 267 g/mol. The molecule has 3 nitrogen and oxygen atoms in total. The third-order valence-electron chi connectivity index (χ3n) is 5.20. The van der Waals surface area contributed by atoms with Gasteiger partial charge in [0.15, 0.2) is 0 Å². The Balaban J connectivity index is 1.87. The van der Waals surface area contributed by atoms with E-state index in [1.807, 2.05) is 0 Å². The molecule has 112 valence electrons. The molecule has 1 aliphatic carbocycles. The van der Waals surface area contributed by atoms with Crippen molar-refractivity contribution in [2.45, 2.75) is 57.0 Å². The van der Waals surface area contributed by atoms with E-state index in [0.29, 0.717) is 6.04 Å². The third-order valence-corrected chi connectivity index (χ3v) is 5.20. The Hall–Kier alpha value is -0.120. The lowest BCUT2D eigenvalue weighted by Gasteiger charge is -2.37. The van der Waals surface area contributed by atoms with Crippen molar-refractivity contribution < 1.29 is 0 Å². The normalized spacial score (nSPS) is 34.4. The Bertz CT molecular complexity index is 256. The van der Waals surface area contributed by atoms with Gasteiger partial charge in [0, 0.05) is 25.2 Å². The number of rotatable bonds is 4. The highest BCUT2D eigenvalue weighted by Gasteiger charge is 2.28. The number of hydrogen-bond donors (Lipinski definition) is 1. The van der Waals surface area contributed by atoms with Crippen LogP contribution in [0.25, 0.3) is 0 Å². The molecule has 0 aromatic heterocycles. The molecule has 2 fully saturated rings. The predicted octanol–water partition coefficient (Wildman–Crippen LogP) is 2.18. The number of likely N-dealkylation sites (N-methyl/N-ethyl adjacent to an activating group) is 2. The third kappa shape index (κ3) is 4.44. The smallest absolute Gasteiger partial charge is 0.0246 e. The Kier molecular flexibility index (Phi) is 6.11. The minimum atomic E-state index is 0.699. The Morgan fingerprint density at radius 2 is 1.84 bits per heavy atom. The molecule has 0 radical (unpaired) electrons. The van der Waals surface area contributed by atoms with E-state index in [1.54, 1.807) is 0 Å². The van der Waals surface area contributed by atoms with Crippen LogP contribution in [0.3, 0.4) is 0 Å². The molecule has 2 aliphatic rings. The van der Waals surface area contributed by atoms with E-state index in [0.717, 1.165) is 12.0 Å². The first-order chi connectivity index (χ1) is 9.20. The minimum absolute atomic E-state index is 0.699. The highest BCUT2D eigenvalue weighted by atomic mass is 15.2. The highest BCUT2D eigenvalue weighted by Crippen LogP contribution is 2.23. The minimum Gasteiger partial charge on any atom is -0.315 e. The summed E-state index contributed by atoms with van der Waals surface area (Å²) >= 11 is 0. The average molecular weight is 267 g/mol. The zero-order chi connectivity index (χ0) is 13.7. The molecule has 2 rings (SSSR count).